The van der Waals surface area contributed by atoms with Gasteiger partial charge in [-0.3, -0.25) is 0 Å². The van der Waals surface area contributed by atoms with E-state index in [-0.39, 0.29) is 5.82 Å². The van der Waals surface area contributed by atoms with E-state index in [0.717, 1.165) is 38.0 Å². The third kappa shape index (κ3) is 3.45. The number of benzene rings is 1. The zero-order valence-electron chi connectivity index (χ0n) is 12.1. The van der Waals surface area contributed by atoms with Crippen molar-refractivity contribution in [1.82, 2.24) is 9.97 Å². The molecule has 0 amide bonds. The second kappa shape index (κ2) is 7.17. The lowest BCUT2D eigenvalue weighted by molar-refractivity contribution is 0.164. The fourth-order valence-electron chi connectivity index (χ4n) is 2.03. The van der Waals surface area contributed by atoms with Crippen LogP contribution >= 0.6 is 23.1 Å². The van der Waals surface area contributed by atoms with Crippen LogP contribution in [0.2, 0.25) is 0 Å². The lowest BCUT2D eigenvalue weighted by Crippen LogP contribution is -1.96. The molecule has 0 spiro atoms. The lowest BCUT2D eigenvalue weighted by atomic mass is 10.2. The van der Waals surface area contributed by atoms with Crippen molar-refractivity contribution in [1.29, 1.82) is 0 Å². The quantitative estimate of drug-likeness (QED) is 0.374. The number of halogens is 1. The summed E-state index contributed by atoms with van der Waals surface area (Å²) in [7, 11) is 0. The molecule has 0 aliphatic rings. The van der Waals surface area contributed by atoms with Crippen molar-refractivity contribution < 1.29 is 9.13 Å². The second-order valence-electron chi connectivity index (χ2n) is 4.56. The summed E-state index contributed by atoms with van der Waals surface area (Å²) in [5.41, 5.74) is 1.92. The van der Waals surface area contributed by atoms with Crippen molar-refractivity contribution in [3.63, 3.8) is 0 Å². The number of rotatable bonds is 6. The summed E-state index contributed by atoms with van der Waals surface area (Å²) in [4.78, 5) is 9.77. The minimum atomic E-state index is -0.225. The summed E-state index contributed by atoms with van der Waals surface area (Å²) in [5, 5.41) is 0.975. The minimum absolute atomic E-state index is 0.225. The molecule has 2 heterocycles. The van der Waals surface area contributed by atoms with Crippen molar-refractivity contribution in [2.45, 2.75) is 11.9 Å². The van der Waals surface area contributed by atoms with Gasteiger partial charge in [0.2, 0.25) is 0 Å². The SMILES string of the molecule is CCOCCSc1ncnc2cc(-c3ccc(F)cc3)sc12. The van der Waals surface area contributed by atoms with Crippen molar-refractivity contribution in [3.8, 4) is 10.4 Å². The van der Waals surface area contributed by atoms with Crippen LogP contribution in [-0.4, -0.2) is 28.9 Å². The van der Waals surface area contributed by atoms with Crippen LogP contribution in [0.15, 0.2) is 41.7 Å². The van der Waals surface area contributed by atoms with Gasteiger partial charge in [-0.05, 0) is 30.7 Å². The Morgan fingerprint density at radius 1 is 1.23 bits per heavy atom. The van der Waals surface area contributed by atoms with E-state index in [0.29, 0.717) is 6.61 Å². The highest BCUT2D eigenvalue weighted by molar-refractivity contribution is 7.99. The molecule has 3 rings (SSSR count). The fourth-order valence-corrected chi connectivity index (χ4v) is 4.09. The molecule has 0 radical (unpaired) electrons. The van der Waals surface area contributed by atoms with E-state index < -0.39 is 0 Å². The maximum absolute atomic E-state index is 13.0. The van der Waals surface area contributed by atoms with Gasteiger partial charge < -0.3 is 4.74 Å². The summed E-state index contributed by atoms with van der Waals surface area (Å²) in [6.45, 7) is 3.43. The van der Waals surface area contributed by atoms with Gasteiger partial charge in [0.25, 0.3) is 0 Å². The van der Waals surface area contributed by atoms with Crippen LogP contribution in [0.1, 0.15) is 6.92 Å². The van der Waals surface area contributed by atoms with Gasteiger partial charge in [0.05, 0.1) is 16.8 Å². The van der Waals surface area contributed by atoms with E-state index in [1.54, 1.807) is 41.6 Å². The number of thioether (sulfide) groups is 1. The summed E-state index contributed by atoms with van der Waals surface area (Å²) in [5.74, 6) is 0.640. The Morgan fingerprint density at radius 2 is 2.05 bits per heavy atom. The molecule has 0 saturated carbocycles. The first kappa shape index (κ1) is 15.4. The Bertz CT molecular complexity index is 758. The van der Waals surface area contributed by atoms with E-state index in [1.807, 2.05) is 13.0 Å². The molecule has 0 atom stereocenters. The van der Waals surface area contributed by atoms with Gasteiger partial charge in [-0.25, -0.2) is 14.4 Å². The molecule has 2 aromatic heterocycles. The number of aromatic nitrogens is 2. The van der Waals surface area contributed by atoms with E-state index in [1.165, 1.54) is 12.1 Å². The van der Waals surface area contributed by atoms with Crippen molar-refractivity contribution in [3.05, 3.63) is 42.5 Å². The highest BCUT2D eigenvalue weighted by Gasteiger charge is 2.10. The zero-order chi connectivity index (χ0) is 15.4. The van der Waals surface area contributed by atoms with Gasteiger partial charge in [-0.2, -0.15) is 0 Å². The van der Waals surface area contributed by atoms with E-state index >= 15 is 0 Å². The van der Waals surface area contributed by atoms with Crippen LogP contribution in [0.4, 0.5) is 4.39 Å². The van der Waals surface area contributed by atoms with Crippen LogP contribution in [0, 0.1) is 5.82 Å². The molecule has 3 aromatic rings. The molecule has 3 nitrogen and oxygen atoms in total. The zero-order valence-corrected chi connectivity index (χ0v) is 13.7. The number of nitrogens with zero attached hydrogens (tertiary/aromatic N) is 2. The van der Waals surface area contributed by atoms with E-state index in [4.69, 9.17) is 4.74 Å². The van der Waals surface area contributed by atoms with E-state index in [9.17, 15) is 4.39 Å². The molecular formula is C16H15FN2OS2. The Morgan fingerprint density at radius 3 is 2.82 bits per heavy atom. The summed E-state index contributed by atoms with van der Waals surface area (Å²) in [6, 6.07) is 8.55. The van der Waals surface area contributed by atoms with Crippen LogP contribution < -0.4 is 0 Å². The van der Waals surface area contributed by atoms with Gasteiger partial charge >= 0.3 is 0 Å². The summed E-state index contributed by atoms with van der Waals surface area (Å²) in [6.07, 6.45) is 1.59. The first-order valence-electron chi connectivity index (χ1n) is 6.99. The summed E-state index contributed by atoms with van der Waals surface area (Å²) >= 11 is 3.31. The molecule has 0 bridgehead atoms. The second-order valence-corrected chi connectivity index (χ2v) is 6.69. The monoisotopic (exact) mass is 334 g/mol. The number of hydrogen-bond donors (Lipinski definition) is 0. The normalized spacial score (nSPS) is 11.2. The maximum atomic E-state index is 13.0. The molecular weight excluding hydrogens is 319 g/mol. The van der Waals surface area contributed by atoms with Gasteiger partial charge in [-0.15, -0.1) is 23.1 Å². The number of fused-ring (bicyclic) bond motifs is 1. The molecule has 0 N–H and O–H groups in total. The fraction of sp³-hybridized carbons (Fsp3) is 0.250. The Kier molecular flexibility index (Phi) is 5.02. The first-order valence-corrected chi connectivity index (χ1v) is 8.79. The number of hydrogen-bond acceptors (Lipinski definition) is 5. The molecule has 0 aliphatic carbocycles. The van der Waals surface area contributed by atoms with Crippen LogP contribution in [-0.2, 0) is 4.74 Å². The summed E-state index contributed by atoms with van der Waals surface area (Å²) < 4.78 is 19.5. The molecule has 22 heavy (non-hydrogen) atoms. The Labute approximate surface area is 136 Å². The number of ether oxygens (including phenoxy) is 1. The highest BCUT2D eigenvalue weighted by Crippen LogP contribution is 2.36. The molecule has 0 saturated heterocycles. The molecule has 0 unspecified atom stereocenters. The topological polar surface area (TPSA) is 35.0 Å². The highest BCUT2D eigenvalue weighted by atomic mass is 32.2. The predicted octanol–water partition coefficient (Wildman–Crippen LogP) is 4.63. The predicted molar refractivity (Wildman–Crippen MR) is 90.0 cm³/mol. The third-order valence-corrected chi connectivity index (χ3v) is 5.34. The lowest BCUT2D eigenvalue weighted by Gasteiger charge is -2.01. The van der Waals surface area contributed by atoms with Gasteiger partial charge in [0.1, 0.15) is 17.2 Å². The third-order valence-electron chi connectivity index (χ3n) is 3.08. The first-order chi connectivity index (χ1) is 10.8. The van der Waals surface area contributed by atoms with Gasteiger partial charge in [0.15, 0.2) is 0 Å². The van der Waals surface area contributed by atoms with Gasteiger partial charge in [-0.1, -0.05) is 12.1 Å². The Balaban J connectivity index is 1.87. The maximum Gasteiger partial charge on any atom is 0.123 e. The van der Waals surface area contributed by atoms with Crippen molar-refractivity contribution in [2.75, 3.05) is 19.0 Å². The van der Waals surface area contributed by atoms with Crippen LogP contribution in [0.3, 0.4) is 0 Å². The molecule has 114 valence electrons. The Hall–Kier alpha value is -1.50. The largest absolute Gasteiger partial charge is 0.381 e. The van der Waals surface area contributed by atoms with Crippen LogP contribution in [0.5, 0.6) is 0 Å². The average Bonchev–Trinajstić information content (AvgIpc) is 2.97. The molecule has 6 heteroatoms. The number of thiophene rings is 1. The van der Waals surface area contributed by atoms with Crippen LogP contribution in [0.25, 0.3) is 20.7 Å². The van der Waals surface area contributed by atoms with E-state index in [2.05, 4.69) is 9.97 Å². The molecule has 0 fully saturated rings. The van der Waals surface area contributed by atoms with Gasteiger partial charge in [0, 0.05) is 17.2 Å². The minimum Gasteiger partial charge on any atom is -0.381 e. The smallest absolute Gasteiger partial charge is 0.123 e. The standard InChI is InChI=1S/C16H15FN2OS2/c1-2-20-7-8-21-16-15-13(18-10-19-16)9-14(22-15)11-3-5-12(17)6-4-11/h3-6,9-10H,2,7-8H2,1H3. The molecule has 0 aliphatic heterocycles. The van der Waals surface area contributed by atoms with Crippen molar-refractivity contribution >= 4 is 33.3 Å². The molecule has 1 aromatic carbocycles. The average molecular weight is 334 g/mol. The van der Waals surface area contributed by atoms with Crippen molar-refractivity contribution in [2.24, 2.45) is 0 Å².